The van der Waals surface area contributed by atoms with E-state index in [-0.39, 0.29) is 17.1 Å². The van der Waals surface area contributed by atoms with Crippen LogP contribution in [0.5, 0.6) is 0 Å². The zero-order chi connectivity index (χ0) is 60.0. The molecule has 0 N–H and O–H groups in total. The molecule has 0 amide bonds. The minimum Gasteiger partial charge on any atom is -0.311 e. The molecule has 0 aliphatic rings. The number of para-hydroxylation sites is 5. The minimum atomic E-state index is -0.717. The fourth-order valence-corrected chi connectivity index (χ4v) is 6.14. The van der Waals surface area contributed by atoms with Crippen LogP contribution in [0.3, 0.4) is 0 Å². The van der Waals surface area contributed by atoms with Gasteiger partial charge in [0.15, 0.2) is 0 Å². The van der Waals surface area contributed by atoms with Crippen molar-refractivity contribution < 1.29 is 34.3 Å². The predicted molar refractivity (Wildman–Crippen MR) is 241 cm³/mol. The molecular weight excluding hydrogens is 691 g/mol. The molecule has 0 atom stereocenters. The molecule has 0 bridgehead atoms. The van der Waals surface area contributed by atoms with E-state index >= 15 is 0 Å². The van der Waals surface area contributed by atoms with Gasteiger partial charge in [-0.05, 0) is 131 Å². The first-order valence-corrected chi connectivity index (χ1v) is 17.3. The smallest absolute Gasteiger partial charge is 0.0645 e. The van der Waals surface area contributed by atoms with Crippen molar-refractivity contribution in [2.45, 2.75) is 0 Å². The zero-order valence-electron chi connectivity index (χ0n) is 54.6. The Balaban J connectivity index is 1.11. The lowest BCUT2D eigenvalue weighted by Gasteiger charge is -2.26. The van der Waals surface area contributed by atoms with E-state index in [0.717, 1.165) is 9.80 Å². The van der Waals surface area contributed by atoms with Crippen molar-refractivity contribution in [2.24, 2.45) is 0 Å². The molecule has 3 heteroatoms. The van der Waals surface area contributed by atoms with Gasteiger partial charge in [-0.1, -0.05) is 139 Å². The van der Waals surface area contributed by atoms with Gasteiger partial charge in [0, 0.05) is 51.2 Å². The molecule has 0 radical (unpaired) electrons. The molecule has 0 spiro atoms. The molecule has 9 rings (SSSR count). The van der Waals surface area contributed by atoms with Crippen molar-refractivity contribution in [3.05, 3.63) is 248 Å². The van der Waals surface area contributed by atoms with Gasteiger partial charge >= 0.3 is 0 Å². The first kappa shape index (κ1) is 17.0. The maximum Gasteiger partial charge on any atom is 0.0645 e. The summed E-state index contributed by atoms with van der Waals surface area (Å²) in [4.78, 5) is 3.53. The van der Waals surface area contributed by atoms with Gasteiger partial charge in [0.2, 0.25) is 0 Å². The van der Waals surface area contributed by atoms with Crippen LogP contribution in [0.1, 0.15) is 34.3 Å². The average molecular weight is 757 g/mol. The summed E-state index contributed by atoms with van der Waals surface area (Å²) in [5.41, 5.74) is 1.02. The van der Waals surface area contributed by atoms with Crippen LogP contribution in [0, 0.1) is 0 Å². The maximum atomic E-state index is 8.98. The van der Waals surface area contributed by atoms with E-state index in [1.54, 1.807) is 72.8 Å². The fraction of sp³-hybridized carbons (Fsp3) is 0. The van der Waals surface area contributed by atoms with Crippen molar-refractivity contribution in [1.29, 1.82) is 0 Å². The Morgan fingerprint density at radius 1 is 0.193 bits per heavy atom. The van der Waals surface area contributed by atoms with Gasteiger partial charge in [-0.25, -0.2) is 0 Å². The first-order chi connectivity index (χ1) is 38.6. The van der Waals surface area contributed by atoms with Crippen LogP contribution in [-0.2, 0) is 0 Å². The topological polar surface area (TPSA) is 9.72 Å². The van der Waals surface area contributed by atoms with Gasteiger partial charge < -0.3 is 14.7 Å². The lowest BCUT2D eigenvalue weighted by molar-refractivity contribution is 1.28. The normalized spacial score (nSPS) is 16.9. The summed E-state index contributed by atoms with van der Waals surface area (Å²) < 4.78 is 213. The quantitative estimate of drug-likeness (QED) is 0.130. The van der Waals surface area contributed by atoms with Crippen LogP contribution in [0.25, 0.3) is 22.3 Å². The summed E-state index contributed by atoms with van der Waals surface area (Å²) >= 11 is 0. The number of benzene rings is 9. The average Bonchev–Trinajstić information content (AvgIpc) is 3.59. The highest BCUT2D eigenvalue weighted by Gasteiger charge is 2.16. The highest BCUT2D eigenvalue weighted by molar-refractivity contribution is 5.82. The Morgan fingerprint density at radius 2 is 0.351 bits per heavy atom. The van der Waals surface area contributed by atoms with E-state index in [9.17, 15) is 0 Å². The number of rotatable bonds is 11. The van der Waals surface area contributed by atoms with E-state index in [4.69, 9.17) is 34.3 Å². The largest absolute Gasteiger partial charge is 0.311 e. The molecule has 0 saturated carbocycles. The van der Waals surface area contributed by atoms with Gasteiger partial charge in [-0.15, -0.1) is 0 Å². The van der Waals surface area contributed by atoms with Gasteiger partial charge in [0.05, 0.1) is 34.3 Å². The monoisotopic (exact) mass is 756 g/mol. The summed E-state index contributed by atoms with van der Waals surface area (Å²) in [7, 11) is 0. The minimum absolute atomic E-state index is 0.0767. The second kappa shape index (κ2) is 16.4. The Labute approximate surface area is 370 Å². The molecule has 0 unspecified atom stereocenters. The number of anilines is 9. The molecule has 3 nitrogen and oxygen atoms in total. The Morgan fingerprint density at radius 3 is 0.526 bits per heavy atom. The number of nitrogens with zero attached hydrogens (tertiary/aromatic N) is 3. The van der Waals surface area contributed by atoms with Crippen LogP contribution in [-0.4, -0.2) is 0 Å². The van der Waals surface area contributed by atoms with E-state index in [0.29, 0.717) is 33.6 Å². The number of hydrogen-bond donors (Lipinski definition) is 0. The zero-order valence-corrected chi connectivity index (χ0v) is 29.6. The second-order valence-corrected chi connectivity index (χ2v) is 12.1. The van der Waals surface area contributed by atoms with Gasteiger partial charge in [0.1, 0.15) is 0 Å². The molecule has 0 fully saturated rings. The molecule has 57 heavy (non-hydrogen) atoms. The highest BCUT2D eigenvalue weighted by atomic mass is 15.2. The van der Waals surface area contributed by atoms with Crippen LogP contribution in [0.15, 0.2) is 248 Å². The van der Waals surface area contributed by atoms with Gasteiger partial charge in [-0.3, -0.25) is 0 Å². The van der Waals surface area contributed by atoms with E-state index in [1.165, 1.54) is 29.2 Å². The molecule has 0 heterocycles. The van der Waals surface area contributed by atoms with E-state index in [2.05, 4.69) is 0 Å². The third-order valence-corrected chi connectivity index (χ3v) is 8.72. The van der Waals surface area contributed by atoms with Crippen LogP contribution < -0.4 is 14.7 Å². The van der Waals surface area contributed by atoms with Gasteiger partial charge in [-0.2, -0.15) is 0 Å². The van der Waals surface area contributed by atoms with Gasteiger partial charge in [0.25, 0.3) is 0 Å². The molecule has 0 aliphatic heterocycles. The summed E-state index contributed by atoms with van der Waals surface area (Å²) in [5, 5.41) is 0. The summed E-state index contributed by atoms with van der Waals surface area (Å²) in [6.45, 7) is 0. The fourth-order valence-electron chi connectivity index (χ4n) is 6.14. The molecular formula is C54H41N3. The van der Waals surface area contributed by atoms with E-state index < -0.39 is 174 Å². The van der Waals surface area contributed by atoms with Crippen molar-refractivity contribution in [3.8, 4) is 22.3 Å². The first-order valence-electron chi connectivity index (χ1n) is 29.8. The lowest BCUT2D eigenvalue weighted by atomic mass is 10.0. The SMILES string of the molecule is [2H]c1c([2H])c([2H])c(N(c2ccc(-c3ccc(N(c4c([2H])c([2H])c([2H])c([2H])c4[2H])c4c([2H])c([2H])c([2H])c([2H])c4[2H])cc3)cc2)c2ccc(-c3ccc(N(c4c([2H])c([2H])c([2H])c([2H])c4[2H])c4c([2H])c([2H])c([2H])c([2H])c4[2H])cc3)cc2)c([2H])c1[2H]. The van der Waals surface area contributed by atoms with Crippen molar-refractivity contribution in [1.82, 2.24) is 0 Å². The third-order valence-electron chi connectivity index (χ3n) is 8.72. The Kier molecular flexibility index (Phi) is 4.90. The number of hydrogen-bond acceptors (Lipinski definition) is 3. The van der Waals surface area contributed by atoms with Crippen LogP contribution in [0.4, 0.5) is 51.2 Å². The van der Waals surface area contributed by atoms with Crippen molar-refractivity contribution >= 4 is 51.2 Å². The summed E-state index contributed by atoms with van der Waals surface area (Å²) in [5.74, 6) is 0. The Bertz CT molecular complexity index is 3590. The lowest BCUT2D eigenvalue weighted by Crippen LogP contribution is -2.10. The van der Waals surface area contributed by atoms with Crippen LogP contribution in [0.2, 0.25) is 0 Å². The Hall–Kier alpha value is -7.62. The second-order valence-electron chi connectivity index (χ2n) is 12.1. The van der Waals surface area contributed by atoms with E-state index in [1.807, 2.05) is 0 Å². The summed E-state index contributed by atoms with van der Waals surface area (Å²) in [6, 6.07) is 8.68. The van der Waals surface area contributed by atoms with Crippen LogP contribution >= 0.6 is 0 Å². The molecule has 9 aromatic carbocycles. The molecule has 0 aliphatic carbocycles. The predicted octanol–water partition coefficient (Wildman–Crippen LogP) is 15.4. The molecule has 9 aromatic rings. The third kappa shape index (κ3) is 7.68. The molecule has 272 valence electrons. The standard InChI is InChI=1S/C54H41N3/c1-6-16-46(17-7-1)55(47-18-8-2-9-19-47)51-34-26-42(27-35-51)44-30-38-53(39-31-44)57(50-24-14-5-15-25-50)54-40-32-45(33-41-54)43-28-36-52(37-29-43)56(48-20-10-3-11-21-48)49-22-12-4-13-23-49/h1-41H/i1D,2D,3D,4D,5D,6D,7D,8D,9D,10D,11D,12D,13D,14D,15D,16D,17D,18D,19D,20D,21D,22D,23D,24D,25D. The molecule has 0 aromatic heterocycles. The molecule has 0 saturated heterocycles. The van der Waals surface area contributed by atoms with Crippen molar-refractivity contribution in [3.63, 3.8) is 0 Å². The van der Waals surface area contributed by atoms with Crippen molar-refractivity contribution in [2.75, 3.05) is 14.7 Å². The maximum absolute atomic E-state index is 8.98. The highest BCUT2D eigenvalue weighted by Crippen LogP contribution is 2.39. The summed E-state index contributed by atoms with van der Waals surface area (Å²) in [6.07, 6.45) is 0.